The second-order valence-corrected chi connectivity index (χ2v) is 10.8. The number of unbranched alkanes of at least 4 members (excludes halogenated alkanes) is 1. The molecule has 2 aromatic carbocycles. The molecule has 0 aliphatic carbocycles. The van der Waals surface area contributed by atoms with Crippen molar-refractivity contribution >= 4 is 17.3 Å². The van der Waals surface area contributed by atoms with Crippen LogP contribution < -0.4 is 15.0 Å². The third-order valence-corrected chi connectivity index (χ3v) is 7.65. The number of aryl methyl sites for hydroxylation is 1. The highest BCUT2D eigenvalue weighted by atomic mass is 16.5. The molecule has 43 heavy (non-hydrogen) atoms. The summed E-state index contributed by atoms with van der Waals surface area (Å²) in [6, 6.07) is 13.6. The molecule has 3 atom stereocenters. The summed E-state index contributed by atoms with van der Waals surface area (Å²) in [7, 11) is 1.72. The van der Waals surface area contributed by atoms with Crippen LogP contribution in [0.1, 0.15) is 56.0 Å². The van der Waals surface area contributed by atoms with Gasteiger partial charge in [-0.05, 0) is 80.6 Å². The average Bonchev–Trinajstić information content (AvgIpc) is 3.46. The zero-order valence-electron chi connectivity index (χ0n) is 25.5. The van der Waals surface area contributed by atoms with Crippen LogP contribution in [0.5, 0.6) is 5.75 Å². The smallest absolute Gasteiger partial charge is 0.249 e. The van der Waals surface area contributed by atoms with E-state index in [1.807, 2.05) is 55.6 Å². The predicted molar refractivity (Wildman–Crippen MR) is 166 cm³/mol. The molecular weight excluding hydrogens is 546 g/mol. The van der Waals surface area contributed by atoms with E-state index in [0.29, 0.717) is 39.0 Å². The van der Waals surface area contributed by atoms with Gasteiger partial charge < -0.3 is 25.0 Å². The molecule has 1 amide bonds. The summed E-state index contributed by atoms with van der Waals surface area (Å²) >= 11 is 0. The van der Waals surface area contributed by atoms with Crippen LogP contribution in [0.15, 0.2) is 60.8 Å². The summed E-state index contributed by atoms with van der Waals surface area (Å²) in [5.74, 6) is 0.921. The molecule has 3 aromatic rings. The van der Waals surface area contributed by atoms with E-state index >= 15 is 0 Å². The van der Waals surface area contributed by atoms with Crippen LogP contribution in [0.25, 0.3) is 0 Å². The van der Waals surface area contributed by atoms with Crippen LogP contribution in [0.3, 0.4) is 0 Å². The Morgan fingerprint density at radius 2 is 1.95 bits per heavy atom. The molecule has 0 bridgehead atoms. The average molecular weight is 592 g/mol. The SMILES string of the molecule is CCOc1ccc2c(c1)CC(NCCCCO)C(=O)N2c1ccc([C@@H](OC)[C@H](C)/C=C/CCn2cc(CCO)nn2)cc1. The van der Waals surface area contributed by atoms with Gasteiger partial charge in [0.2, 0.25) is 5.91 Å². The monoisotopic (exact) mass is 591 g/mol. The lowest BCUT2D eigenvalue weighted by molar-refractivity contribution is -0.120. The van der Waals surface area contributed by atoms with E-state index in [-0.39, 0.29) is 37.2 Å². The van der Waals surface area contributed by atoms with Crippen LogP contribution in [-0.4, -0.2) is 70.6 Å². The first kappa shape index (κ1) is 32.3. The lowest BCUT2D eigenvalue weighted by Gasteiger charge is -2.35. The summed E-state index contributed by atoms with van der Waals surface area (Å²) in [5, 5.41) is 29.8. The van der Waals surface area contributed by atoms with E-state index in [9.17, 15) is 4.79 Å². The first-order valence-electron chi connectivity index (χ1n) is 15.2. The lowest BCUT2D eigenvalue weighted by Crippen LogP contribution is -2.49. The van der Waals surface area contributed by atoms with Crippen molar-refractivity contribution in [1.82, 2.24) is 20.3 Å². The largest absolute Gasteiger partial charge is 0.494 e. The van der Waals surface area contributed by atoms with E-state index in [4.69, 9.17) is 19.7 Å². The van der Waals surface area contributed by atoms with Gasteiger partial charge in [-0.25, -0.2) is 0 Å². The molecule has 232 valence electrons. The number of carbonyl (C=O) groups excluding carboxylic acids is 1. The molecule has 10 nitrogen and oxygen atoms in total. The van der Waals surface area contributed by atoms with E-state index in [0.717, 1.165) is 46.8 Å². The number of nitrogens with zero attached hydrogens (tertiary/aromatic N) is 4. The highest BCUT2D eigenvalue weighted by molar-refractivity contribution is 6.06. The number of aliphatic hydroxyl groups is 2. The molecule has 1 aliphatic rings. The van der Waals surface area contributed by atoms with Gasteiger partial charge in [-0.1, -0.05) is 36.4 Å². The minimum Gasteiger partial charge on any atom is -0.494 e. The second-order valence-electron chi connectivity index (χ2n) is 10.8. The van der Waals surface area contributed by atoms with Crippen LogP contribution in [-0.2, 0) is 28.9 Å². The maximum Gasteiger partial charge on any atom is 0.249 e. The van der Waals surface area contributed by atoms with Crippen molar-refractivity contribution in [2.24, 2.45) is 5.92 Å². The molecule has 0 saturated heterocycles. The zero-order valence-corrected chi connectivity index (χ0v) is 25.5. The number of hydrogen-bond acceptors (Lipinski definition) is 8. The fraction of sp³-hybridized carbons (Fsp3) is 0.485. The van der Waals surface area contributed by atoms with Crippen molar-refractivity contribution in [3.8, 4) is 5.75 Å². The Morgan fingerprint density at radius 1 is 1.14 bits per heavy atom. The molecule has 0 fully saturated rings. The van der Waals surface area contributed by atoms with Gasteiger partial charge in [0.1, 0.15) is 5.75 Å². The maximum atomic E-state index is 13.8. The Morgan fingerprint density at radius 3 is 2.67 bits per heavy atom. The number of amides is 1. The minimum atomic E-state index is -0.363. The minimum absolute atomic E-state index is 0.00358. The van der Waals surface area contributed by atoms with E-state index in [2.05, 4.69) is 34.7 Å². The number of hydrogen-bond donors (Lipinski definition) is 3. The lowest BCUT2D eigenvalue weighted by atomic mass is 9.94. The number of rotatable bonds is 17. The number of carbonyl (C=O) groups is 1. The molecule has 0 radical (unpaired) electrons. The molecule has 1 aliphatic heterocycles. The number of allylic oxidation sites excluding steroid dienone is 1. The Balaban J connectivity index is 1.46. The third kappa shape index (κ3) is 8.51. The normalized spacial score (nSPS) is 16.4. The topological polar surface area (TPSA) is 122 Å². The third-order valence-electron chi connectivity index (χ3n) is 7.65. The fourth-order valence-electron chi connectivity index (χ4n) is 5.48. The van der Waals surface area contributed by atoms with Crippen molar-refractivity contribution in [2.45, 2.75) is 64.6 Å². The highest BCUT2D eigenvalue weighted by Crippen LogP contribution is 2.37. The van der Waals surface area contributed by atoms with Crippen molar-refractivity contribution in [3.05, 3.63) is 77.6 Å². The molecule has 10 heteroatoms. The molecule has 2 heterocycles. The molecule has 4 rings (SSSR count). The van der Waals surface area contributed by atoms with Crippen LogP contribution in [0.2, 0.25) is 0 Å². The highest BCUT2D eigenvalue weighted by Gasteiger charge is 2.34. The number of ether oxygens (including phenoxy) is 2. The molecule has 0 saturated carbocycles. The van der Waals surface area contributed by atoms with Gasteiger partial charge in [0.05, 0.1) is 30.1 Å². The molecule has 0 spiro atoms. The van der Waals surface area contributed by atoms with Gasteiger partial charge >= 0.3 is 0 Å². The Labute approximate surface area is 254 Å². The number of anilines is 2. The first-order valence-corrected chi connectivity index (χ1v) is 15.2. The maximum absolute atomic E-state index is 13.8. The molecule has 3 N–H and O–H groups in total. The second kappa shape index (κ2) is 16.3. The quantitative estimate of drug-likeness (QED) is 0.158. The summed E-state index contributed by atoms with van der Waals surface area (Å²) < 4.78 is 13.4. The molecule has 1 unspecified atom stereocenters. The Bertz CT molecular complexity index is 1330. The van der Waals surface area contributed by atoms with E-state index < -0.39 is 0 Å². The van der Waals surface area contributed by atoms with Crippen molar-refractivity contribution in [2.75, 3.05) is 38.4 Å². The van der Waals surface area contributed by atoms with Gasteiger partial charge in [0.15, 0.2) is 0 Å². The van der Waals surface area contributed by atoms with Crippen molar-refractivity contribution < 1.29 is 24.5 Å². The number of fused-ring (bicyclic) bond motifs is 1. The Kier molecular flexibility index (Phi) is 12.3. The van der Waals surface area contributed by atoms with E-state index in [1.165, 1.54) is 0 Å². The molecular formula is C33H45N5O5. The fourth-order valence-corrected chi connectivity index (χ4v) is 5.48. The zero-order chi connectivity index (χ0) is 30.6. The number of methoxy groups -OCH3 is 1. The summed E-state index contributed by atoms with van der Waals surface area (Å²) in [6.07, 6.45) is 9.41. The standard InChI is InChI=1S/C33H45N5O5/c1-4-43-29-14-15-31-26(21-29)22-30(34-17-6-8-19-39)33(41)38(31)28-12-10-25(11-13-28)32(42-3)24(2)9-5-7-18-37-23-27(16-20-40)35-36-37/h5,9-15,21,23-24,30,32,34,39-40H,4,6-8,16-20,22H2,1-3H3/b9-5+/t24-,30?,32+/m1/s1. The number of nitrogens with one attached hydrogen (secondary N) is 1. The first-order chi connectivity index (χ1) is 21.0. The van der Waals surface area contributed by atoms with Gasteiger partial charge in [-0.15, -0.1) is 5.10 Å². The van der Waals surface area contributed by atoms with Crippen LogP contribution in [0, 0.1) is 5.92 Å². The molecule has 1 aromatic heterocycles. The van der Waals surface area contributed by atoms with Crippen LogP contribution >= 0.6 is 0 Å². The van der Waals surface area contributed by atoms with Crippen molar-refractivity contribution in [3.63, 3.8) is 0 Å². The van der Waals surface area contributed by atoms with Gasteiger partial charge in [-0.2, -0.15) is 0 Å². The van der Waals surface area contributed by atoms with Crippen LogP contribution in [0.4, 0.5) is 11.4 Å². The predicted octanol–water partition coefficient (Wildman–Crippen LogP) is 4.13. The Hall–Kier alpha value is -3.57. The number of benzene rings is 2. The van der Waals surface area contributed by atoms with Gasteiger partial charge in [-0.3, -0.25) is 14.4 Å². The number of aliphatic hydroxyl groups excluding tert-OH is 2. The van der Waals surface area contributed by atoms with Gasteiger partial charge in [0.25, 0.3) is 0 Å². The van der Waals surface area contributed by atoms with Crippen molar-refractivity contribution in [1.29, 1.82) is 0 Å². The summed E-state index contributed by atoms with van der Waals surface area (Å²) in [6.45, 7) is 6.25. The summed E-state index contributed by atoms with van der Waals surface area (Å²) in [4.78, 5) is 15.6. The van der Waals surface area contributed by atoms with E-state index in [1.54, 1.807) is 16.7 Å². The van der Waals surface area contributed by atoms with Gasteiger partial charge in [0, 0.05) is 51.1 Å². The number of aromatic nitrogens is 3. The summed E-state index contributed by atoms with van der Waals surface area (Å²) in [5.41, 5.74) is 4.54.